The first-order valence-electron chi connectivity index (χ1n) is 8.14. The summed E-state index contributed by atoms with van der Waals surface area (Å²) in [6, 6.07) is 9.75. The van der Waals surface area contributed by atoms with Crippen LogP contribution < -0.4 is 18.9 Å². The molecule has 7 heteroatoms. The first-order valence-corrected chi connectivity index (χ1v) is 8.14. The molecule has 2 heterocycles. The predicted octanol–water partition coefficient (Wildman–Crippen LogP) is 2.97. The number of benzene rings is 2. The molecule has 0 saturated heterocycles. The van der Waals surface area contributed by atoms with Crippen LogP contribution in [0.15, 0.2) is 36.4 Å². The second-order valence-corrected chi connectivity index (χ2v) is 6.10. The summed E-state index contributed by atoms with van der Waals surface area (Å²) >= 11 is 0. The molecule has 0 fully saturated rings. The molecule has 0 aliphatic carbocycles. The Morgan fingerprint density at radius 1 is 1.04 bits per heavy atom. The number of ether oxygens (including phenoxy) is 4. The van der Waals surface area contributed by atoms with E-state index in [0.717, 1.165) is 0 Å². The Morgan fingerprint density at radius 3 is 2.58 bits per heavy atom. The van der Waals surface area contributed by atoms with Crippen molar-refractivity contribution in [3.63, 3.8) is 0 Å². The van der Waals surface area contributed by atoms with E-state index in [-0.39, 0.29) is 19.0 Å². The van der Waals surface area contributed by atoms with Gasteiger partial charge < -0.3 is 24.1 Å². The molecule has 0 amide bonds. The van der Waals surface area contributed by atoms with Gasteiger partial charge in [-0.2, -0.15) is 0 Å². The highest BCUT2D eigenvalue weighted by Gasteiger charge is 2.28. The summed E-state index contributed by atoms with van der Waals surface area (Å²) in [6.07, 6.45) is -0.583. The summed E-state index contributed by atoms with van der Waals surface area (Å²) in [7, 11) is 0. The van der Waals surface area contributed by atoms with E-state index < -0.39 is 18.2 Å². The quantitative estimate of drug-likeness (QED) is 0.824. The number of carbonyl (C=O) groups is 2. The largest absolute Gasteiger partial charge is 0.481 e. The number of aliphatic carboxylic acids is 1. The van der Waals surface area contributed by atoms with Crippen molar-refractivity contribution < 1.29 is 33.6 Å². The fraction of sp³-hybridized carbons (Fsp3) is 0.263. The number of hydrogen-bond donors (Lipinski definition) is 1. The van der Waals surface area contributed by atoms with Gasteiger partial charge in [0.2, 0.25) is 13.1 Å². The van der Waals surface area contributed by atoms with E-state index in [4.69, 9.17) is 18.9 Å². The third-order valence-electron chi connectivity index (χ3n) is 4.34. The Hall–Kier alpha value is -3.22. The molecule has 4 rings (SSSR count). The van der Waals surface area contributed by atoms with Crippen molar-refractivity contribution in [1.29, 1.82) is 0 Å². The van der Waals surface area contributed by atoms with Crippen LogP contribution in [-0.4, -0.2) is 29.9 Å². The molecule has 2 aromatic rings. The van der Waals surface area contributed by atoms with Gasteiger partial charge in [-0.25, -0.2) is 0 Å². The Labute approximate surface area is 149 Å². The maximum atomic E-state index is 12.6. The molecule has 7 nitrogen and oxygen atoms in total. The lowest BCUT2D eigenvalue weighted by atomic mass is 9.91. The standard InChI is InChI=1S/C19H16O7/c1-10-25-16-5-3-12(7-18(16)26-10)14(20)8-13(19(21)22)11-2-4-15-17(6-11)24-9-23-15/h2-7,10,13H,8-9H2,1H3,(H,21,22)/t10-,13-/m0/s1. The lowest BCUT2D eigenvalue weighted by Crippen LogP contribution is -2.16. The average molecular weight is 356 g/mol. The number of fused-ring (bicyclic) bond motifs is 2. The zero-order valence-corrected chi connectivity index (χ0v) is 13.9. The van der Waals surface area contributed by atoms with Crippen LogP contribution in [0.5, 0.6) is 23.0 Å². The summed E-state index contributed by atoms with van der Waals surface area (Å²) in [5.74, 6) is -0.251. The van der Waals surface area contributed by atoms with Gasteiger partial charge in [-0.05, 0) is 35.9 Å². The molecule has 1 N–H and O–H groups in total. The van der Waals surface area contributed by atoms with E-state index in [1.54, 1.807) is 43.3 Å². The van der Waals surface area contributed by atoms with Crippen molar-refractivity contribution in [2.24, 2.45) is 0 Å². The van der Waals surface area contributed by atoms with Crippen LogP contribution in [-0.2, 0) is 4.79 Å². The zero-order chi connectivity index (χ0) is 18.3. The Kier molecular flexibility index (Phi) is 3.91. The Balaban J connectivity index is 1.56. The molecule has 2 aliphatic heterocycles. The van der Waals surface area contributed by atoms with Gasteiger partial charge in [0.05, 0.1) is 5.92 Å². The van der Waals surface area contributed by atoms with Gasteiger partial charge >= 0.3 is 5.97 Å². The minimum atomic E-state index is -1.08. The van der Waals surface area contributed by atoms with E-state index in [1.807, 2.05) is 0 Å². The second kappa shape index (κ2) is 6.25. The van der Waals surface area contributed by atoms with E-state index in [9.17, 15) is 14.7 Å². The van der Waals surface area contributed by atoms with Crippen LogP contribution in [0.2, 0.25) is 0 Å². The van der Waals surface area contributed by atoms with Crippen LogP contribution in [0.25, 0.3) is 0 Å². The van der Waals surface area contributed by atoms with Gasteiger partial charge in [0.1, 0.15) is 0 Å². The number of carboxylic acid groups (broad SMARTS) is 1. The predicted molar refractivity (Wildman–Crippen MR) is 89.0 cm³/mol. The van der Waals surface area contributed by atoms with Crippen LogP contribution in [0, 0.1) is 0 Å². The van der Waals surface area contributed by atoms with E-state index >= 15 is 0 Å². The third-order valence-corrected chi connectivity index (χ3v) is 4.34. The van der Waals surface area contributed by atoms with Crippen LogP contribution in [0.4, 0.5) is 0 Å². The molecule has 0 bridgehead atoms. The van der Waals surface area contributed by atoms with Gasteiger partial charge in [-0.3, -0.25) is 9.59 Å². The van der Waals surface area contributed by atoms with Gasteiger partial charge in [0, 0.05) is 18.9 Å². The number of carbonyl (C=O) groups excluding carboxylic acids is 1. The first kappa shape index (κ1) is 16.3. The smallest absolute Gasteiger partial charge is 0.311 e. The number of carboxylic acids is 1. The molecule has 0 unspecified atom stereocenters. The molecular weight excluding hydrogens is 340 g/mol. The highest BCUT2D eigenvalue weighted by molar-refractivity contribution is 5.99. The topological polar surface area (TPSA) is 91.3 Å². The summed E-state index contributed by atoms with van der Waals surface area (Å²) in [5, 5.41) is 9.59. The summed E-state index contributed by atoms with van der Waals surface area (Å²) < 4.78 is 21.4. The summed E-state index contributed by atoms with van der Waals surface area (Å²) in [4.78, 5) is 24.4. The Morgan fingerprint density at radius 2 is 1.77 bits per heavy atom. The SMILES string of the molecule is C[C@H]1Oc2ccc(C(=O)C[C@H](C(=O)O)c3ccc4c(c3)OCO4)cc2O1. The van der Waals surface area contributed by atoms with Gasteiger partial charge in [-0.15, -0.1) is 0 Å². The maximum Gasteiger partial charge on any atom is 0.311 e. The number of ketones is 1. The normalized spacial score (nSPS) is 17.8. The van der Waals surface area contributed by atoms with E-state index in [2.05, 4.69) is 0 Å². The first-order chi connectivity index (χ1) is 12.5. The fourth-order valence-corrected chi connectivity index (χ4v) is 3.03. The third kappa shape index (κ3) is 2.92. The van der Waals surface area contributed by atoms with Crippen molar-refractivity contribution >= 4 is 11.8 Å². The van der Waals surface area contributed by atoms with Crippen LogP contribution in [0.1, 0.15) is 35.2 Å². The molecule has 2 atom stereocenters. The summed E-state index contributed by atoms with van der Waals surface area (Å²) in [5.41, 5.74) is 0.873. The van der Waals surface area contributed by atoms with Crippen molar-refractivity contribution in [3.8, 4) is 23.0 Å². The van der Waals surface area contributed by atoms with Crippen LogP contribution >= 0.6 is 0 Å². The maximum absolute atomic E-state index is 12.6. The molecule has 2 aromatic carbocycles. The molecule has 0 saturated carbocycles. The monoisotopic (exact) mass is 356 g/mol. The Bertz CT molecular complexity index is 889. The number of rotatable bonds is 5. The second-order valence-electron chi connectivity index (χ2n) is 6.10. The lowest BCUT2D eigenvalue weighted by molar-refractivity contribution is -0.138. The van der Waals surface area contributed by atoms with Gasteiger partial charge in [0.25, 0.3) is 0 Å². The van der Waals surface area contributed by atoms with Crippen molar-refractivity contribution in [2.75, 3.05) is 6.79 Å². The molecule has 134 valence electrons. The minimum Gasteiger partial charge on any atom is -0.481 e. The van der Waals surface area contributed by atoms with Crippen molar-refractivity contribution in [3.05, 3.63) is 47.5 Å². The van der Waals surface area contributed by atoms with Gasteiger partial charge in [-0.1, -0.05) is 6.07 Å². The molecule has 0 aromatic heterocycles. The van der Waals surface area contributed by atoms with Crippen molar-refractivity contribution in [2.45, 2.75) is 25.6 Å². The average Bonchev–Trinajstić information content (AvgIpc) is 3.22. The fourth-order valence-electron chi connectivity index (χ4n) is 3.03. The summed E-state index contributed by atoms with van der Waals surface area (Å²) in [6.45, 7) is 1.85. The van der Waals surface area contributed by atoms with Crippen LogP contribution in [0.3, 0.4) is 0 Å². The zero-order valence-electron chi connectivity index (χ0n) is 13.9. The highest BCUT2D eigenvalue weighted by atomic mass is 16.7. The van der Waals surface area contributed by atoms with E-state index in [1.165, 1.54) is 0 Å². The molecule has 0 radical (unpaired) electrons. The molecule has 26 heavy (non-hydrogen) atoms. The highest BCUT2D eigenvalue weighted by Crippen LogP contribution is 2.37. The molecule has 2 aliphatic rings. The van der Waals surface area contributed by atoms with Gasteiger partial charge in [0.15, 0.2) is 28.8 Å². The number of Topliss-reactive ketones (excluding diaryl/α,β-unsaturated/α-hetero) is 1. The van der Waals surface area contributed by atoms with E-state index in [0.29, 0.717) is 34.1 Å². The minimum absolute atomic E-state index is 0.102. The molecular formula is C19H16O7. The lowest BCUT2D eigenvalue weighted by Gasteiger charge is -2.13. The van der Waals surface area contributed by atoms with Crippen molar-refractivity contribution in [1.82, 2.24) is 0 Å². The number of hydrogen-bond acceptors (Lipinski definition) is 6. The molecule has 0 spiro atoms.